The SMILES string of the molecule is CNC(=O)C(NC(C)=O)C(C)C. The van der Waals surface area contributed by atoms with Gasteiger partial charge in [-0.25, -0.2) is 0 Å². The third kappa shape index (κ3) is 3.37. The maximum absolute atomic E-state index is 11.2. The van der Waals surface area contributed by atoms with E-state index in [2.05, 4.69) is 10.6 Å². The van der Waals surface area contributed by atoms with Crippen molar-refractivity contribution in [2.24, 2.45) is 5.92 Å². The van der Waals surface area contributed by atoms with Crippen LogP contribution < -0.4 is 10.6 Å². The number of amides is 2. The molecule has 0 aromatic carbocycles. The lowest BCUT2D eigenvalue weighted by molar-refractivity contribution is -0.128. The third-order valence-electron chi connectivity index (χ3n) is 1.55. The Bertz CT molecular complexity index is 178. The molecule has 2 N–H and O–H groups in total. The Balaban J connectivity index is 4.23. The zero-order chi connectivity index (χ0) is 9.72. The van der Waals surface area contributed by atoms with Crippen LogP contribution in [-0.2, 0) is 9.59 Å². The molecule has 0 radical (unpaired) electrons. The van der Waals surface area contributed by atoms with Gasteiger partial charge in [-0.05, 0) is 5.92 Å². The Morgan fingerprint density at radius 3 is 2.00 bits per heavy atom. The lowest BCUT2D eigenvalue weighted by Crippen LogP contribution is -2.48. The van der Waals surface area contributed by atoms with Crippen molar-refractivity contribution in [1.29, 1.82) is 0 Å². The fraction of sp³-hybridized carbons (Fsp3) is 0.750. The minimum absolute atomic E-state index is 0.105. The molecule has 0 aromatic rings. The summed E-state index contributed by atoms with van der Waals surface area (Å²) < 4.78 is 0. The van der Waals surface area contributed by atoms with Crippen LogP contribution in [0, 0.1) is 5.92 Å². The van der Waals surface area contributed by atoms with Crippen molar-refractivity contribution in [2.45, 2.75) is 26.8 Å². The molecule has 1 atom stereocenters. The minimum atomic E-state index is -0.424. The fourth-order valence-electron chi connectivity index (χ4n) is 0.909. The average Bonchev–Trinajstić information content (AvgIpc) is 1.98. The van der Waals surface area contributed by atoms with E-state index in [-0.39, 0.29) is 17.7 Å². The van der Waals surface area contributed by atoms with Crippen molar-refractivity contribution in [3.05, 3.63) is 0 Å². The number of carbonyl (C=O) groups excluding carboxylic acids is 2. The first kappa shape index (κ1) is 10.9. The first-order chi connectivity index (χ1) is 5.49. The van der Waals surface area contributed by atoms with E-state index in [0.717, 1.165) is 0 Å². The number of rotatable bonds is 3. The molecule has 0 aliphatic heterocycles. The Kier molecular flexibility index (Phi) is 4.33. The van der Waals surface area contributed by atoms with Gasteiger partial charge in [-0.1, -0.05) is 13.8 Å². The predicted molar refractivity (Wildman–Crippen MR) is 46.5 cm³/mol. The van der Waals surface area contributed by atoms with Crippen LogP contribution >= 0.6 is 0 Å². The van der Waals surface area contributed by atoms with E-state index in [4.69, 9.17) is 0 Å². The van der Waals surface area contributed by atoms with Crippen LogP contribution in [0.3, 0.4) is 0 Å². The highest BCUT2D eigenvalue weighted by atomic mass is 16.2. The normalized spacial score (nSPS) is 12.4. The van der Waals surface area contributed by atoms with Crippen LogP contribution in [0.4, 0.5) is 0 Å². The molecular weight excluding hydrogens is 156 g/mol. The van der Waals surface area contributed by atoms with Crippen molar-refractivity contribution in [2.75, 3.05) is 7.05 Å². The molecule has 1 unspecified atom stereocenters. The van der Waals surface area contributed by atoms with Gasteiger partial charge in [-0.3, -0.25) is 9.59 Å². The van der Waals surface area contributed by atoms with Gasteiger partial charge in [0.2, 0.25) is 11.8 Å². The number of nitrogens with one attached hydrogen (secondary N) is 2. The summed E-state index contributed by atoms with van der Waals surface area (Å²) in [6.45, 7) is 5.17. The molecule has 0 aromatic heterocycles. The monoisotopic (exact) mass is 172 g/mol. The Morgan fingerprint density at radius 2 is 1.75 bits per heavy atom. The summed E-state index contributed by atoms with van der Waals surface area (Å²) >= 11 is 0. The average molecular weight is 172 g/mol. The van der Waals surface area contributed by atoms with Gasteiger partial charge in [-0.2, -0.15) is 0 Å². The van der Waals surface area contributed by atoms with Crippen LogP contribution in [0.15, 0.2) is 0 Å². The maximum Gasteiger partial charge on any atom is 0.242 e. The second-order valence-corrected chi connectivity index (χ2v) is 3.04. The van der Waals surface area contributed by atoms with Gasteiger partial charge in [-0.15, -0.1) is 0 Å². The second kappa shape index (κ2) is 4.74. The Morgan fingerprint density at radius 1 is 1.25 bits per heavy atom. The fourth-order valence-corrected chi connectivity index (χ4v) is 0.909. The molecule has 4 nitrogen and oxygen atoms in total. The Labute approximate surface area is 72.7 Å². The van der Waals surface area contributed by atoms with Crippen molar-refractivity contribution < 1.29 is 9.59 Å². The molecule has 0 rings (SSSR count). The van der Waals surface area contributed by atoms with E-state index in [9.17, 15) is 9.59 Å². The highest BCUT2D eigenvalue weighted by molar-refractivity contribution is 5.86. The zero-order valence-electron chi connectivity index (χ0n) is 7.97. The van der Waals surface area contributed by atoms with E-state index >= 15 is 0 Å². The lowest BCUT2D eigenvalue weighted by atomic mass is 10.0. The van der Waals surface area contributed by atoms with E-state index in [1.165, 1.54) is 6.92 Å². The van der Waals surface area contributed by atoms with Crippen LogP contribution in [0.25, 0.3) is 0 Å². The summed E-state index contributed by atoms with van der Waals surface area (Å²) in [6, 6.07) is -0.424. The van der Waals surface area contributed by atoms with Gasteiger partial charge >= 0.3 is 0 Å². The van der Waals surface area contributed by atoms with E-state index < -0.39 is 6.04 Å². The molecule has 0 heterocycles. The molecule has 4 heteroatoms. The van der Waals surface area contributed by atoms with Gasteiger partial charge in [0.05, 0.1) is 0 Å². The van der Waals surface area contributed by atoms with Gasteiger partial charge in [0, 0.05) is 14.0 Å². The van der Waals surface area contributed by atoms with Gasteiger partial charge in [0.1, 0.15) is 6.04 Å². The summed E-state index contributed by atoms with van der Waals surface area (Å²) in [5, 5.41) is 5.08. The maximum atomic E-state index is 11.2. The summed E-state index contributed by atoms with van der Waals surface area (Å²) in [5.74, 6) is -0.230. The molecule has 70 valence electrons. The Hall–Kier alpha value is -1.06. The first-order valence-electron chi connectivity index (χ1n) is 3.97. The molecule has 2 amide bonds. The number of likely N-dealkylation sites (N-methyl/N-ethyl adjacent to an activating group) is 1. The highest BCUT2D eigenvalue weighted by Crippen LogP contribution is 2.00. The first-order valence-corrected chi connectivity index (χ1v) is 3.97. The van der Waals surface area contributed by atoms with Crippen LogP contribution in [0.2, 0.25) is 0 Å². The van der Waals surface area contributed by atoms with Gasteiger partial charge < -0.3 is 10.6 Å². The van der Waals surface area contributed by atoms with Crippen molar-refractivity contribution in [3.63, 3.8) is 0 Å². The second-order valence-electron chi connectivity index (χ2n) is 3.04. The summed E-state index contributed by atoms with van der Waals surface area (Å²) in [4.78, 5) is 21.9. The van der Waals surface area contributed by atoms with Gasteiger partial charge in [0.25, 0.3) is 0 Å². The zero-order valence-corrected chi connectivity index (χ0v) is 7.97. The summed E-state index contributed by atoms with van der Waals surface area (Å²) in [5.41, 5.74) is 0. The molecule has 0 aliphatic carbocycles. The number of hydrogen-bond donors (Lipinski definition) is 2. The molecule has 0 fully saturated rings. The third-order valence-corrected chi connectivity index (χ3v) is 1.55. The molecule has 0 aliphatic rings. The smallest absolute Gasteiger partial charge is 0.242 e. The van der Waals surface area contributed by atoms with Crippen molar-refractivity contribution in [1.82, 2.24) is 10.6 Å². The van der Waals surface area contributed by atoms with Crippen LogP contribution in [0.5, 0.6) is 0 Å². The summed E-state index contributed by atoms with van der Waals surface area (Å²) in [6.07, 6.45) is 0. The topological polar surface area (TPSA) is 58.2 Å². The number of carbonyl (C=O) groups is 2. The van der Waals surface area contributed by atoms with Crippen LogP contribution in [-0.4, -0.2) is 24.9 Å². The van der Waals surface area contributed by atoms with E-state index in [1.807, 2.05) is 13.8 Å². The quantitative estimate of drug-likeness (QED) is 0.624. The molecule has 0 saturated carbocycles. The predicted octanol–water partition coefficient (Wildman–Crippen LogP) is -0.107. The lowest BCUT2D eigenvalue weighted by Gasteiger charge is -2.19. The van der Waals surface area contributed by atoms with E-state index in [1.54, 1.807) is 7.05 Å². The number of hydrogen-bond acceptors (Lipinski definition) is 2. The van der Waals surface area contributed by atoms with Crippen molar-refractivity contribution in [3.8, 4) is 0 Å². The molecule has 12 heavy (non-hydrogen) atoms. The summed E-state index contributed by atoms with van der Waals surface area (Å²) in [7, 11) is 1.56. The molecular formula is C8H16N2O2. The molecule has 0 spiro atoms. The largest absolute Gasteiger partial charge is 0.357 e. The van der Waals surface area contributed by atoms with Gasteiger partial charge in [0.15, 0.2) is 0 Å². The molecule has 0 bridgehead atoms. The van der Waals surface area contributed by atoms with Crippen molar-refractivity contribution >= 4 is 11.8 Å². The standard InChI is InChI=1S/C8H16N2O2/c1-5(2)7(8(12)9-4)10-6(3)11/h5,7H,1-4H3,(H,9,12)(H,10,11). The molecule has 0 saturated heterocycles. The van der Waals surface area contributed by atoms with Crippen LogP contribution in [0.1, 0.15) is 20.8 Å². The minimum Gasteiger partial charge on any atom is -0.357 e. The highest BCUT2D eigenvalue weighted by Gasteiger charge is 2.21. The van der Waals surface area contributed by atoms with E-state index in [0.29, 0.717) is 0 Å².